The van der Waals surface area contributed by atoms with Gasteiger partial charge in [0.05, 0.1) is 12.3 Å². The number of hydrogen-bond donors (Lipinski definition) is 0. The second kappa shape index (κ2) is 8.27. The van der Waals surface area contributed by atoms with Crippen LogP contribution in [0.25, 0.3) is 0 Å². The molecule has 1 amide bonds. The van der Waals surface area contributed by atoms with Gasteiger partial charge in [0, 0.05) is 30.5 Å². The van der Waals surface area contributed by atoms with Gasteiger partial charge in [-0.1, -0.05) is 29.8 Å². The van der Waals surface area contributed by atoms with E-state index in [1.165, 1.54) is 24.3 Å². The van der Waals surface area contributed by atoms with Crippen LogP contribution < -0.4 is 0 Å². The van der Waals surface area contributed by atoms with Gasteiger partial charge in [0.25, 0.3) is 0 Å². The van der Waals surface area contributed by atoms with Gasteiger partial charge in [-0.25, -0.2) is 13.2 Å². The van der Waals surface area contributed by atoms with E-state index in [1.54, 1.807) is 17.0 Å². The lowest BCUT2D eigenvalue weighted by Crippen LogP contribution is -2.42. The Kier molecular flexibility index (Phi) is 5.56. The second-order valence-electron chi connectivity index (χ2n) is 7.56. The fourth-order valence-corrected chi connectivity index (χ4v) is 3.59. The predicted molar refractivity (Wildman–Crippen MR) is 102 cm³/mol. The third-order valence-corrected chi connectivity index (χ3v) is 5.48. The average molecular weight is 402 g/mol. The normalized spacial score (nSPS) is 18.7. The number of hydrogen-bond acceptors (Lipinski definition) is 3. The molecule has 152 valence electrons. The first-order valence-corrected chi connectivity index (χ1v) is 9.71. The molecule has 0 N–H and O–H groups in total. The first-order valence-electron chi connectivity index (χ1n) is 9.71. The molecule has 2 aliphatic rings. The van der Waals surface area contributed by atoms with Gasteiger partial charge < -0.3 is 9.74 Å². The summed E-state index contributed by atoms with van der Waals surface area (Å²) in [6.45, 7) is 0.299. The Morgan fingerprint density at radius 1 is 1.07 bits per heavy atom. The van der Waals surface area contributed by atoms with Crippen molar-refractivity contribution in [2.75, 3.05) is 6.54 Å². The molecule has 1 fully saturated rings. The summed E-state index contributed by atoms with van der Waals surface area (Å²) in [7, 11) is 0. The van der Waals surface area contributed by atoms with Gasteiger partial charge in [0.15, 0.2) is 6.10 Å². The Morgan fingerprint density at radius 3 is 2.45 bits per heavy atom. The third-order valence-electron chi connectivity index (χ3n) is 5.48. The van der Waals surface area contributed by atoms with Crippen LogP contribution in [0.4, 0.5) is 13.2 Å². The Labute approximate surface area is 167 Å². The first-order chi connectivity index (χ1) is 14.0. The molecule has 1 atom stereocenters. The maximum absolute atomic E-state index is 14.1. The summed E-state index contributed by atoms with van der Waals surface area (Å²) in [5, 5.41) is 4.08. The van der Waals surface area contributed by atoms with Gasteiger partial charge in [-0.05, 0) is 36.6 Å². The Balaban J connectivity index is 1.45. The van der Waals surface area contributed by atoms with Gasteiger partial charge >= 0.3 is 0 Å². The minimum Gasteiger partial charge on any atom is -0.390 e. The molecule has 2 aromatic rings. The molecule has 0 aromatic heterocycles. The van der Waals surface area contributed by atoms with Crippen molar-refractivity contribution < 1.29 is 22.8 Å². The molecular weight excluding hydrogens is 381 g/mol. The minimum atomic E-state index is -0.674. The van der Waals surface area contributed by atoms with Crippen molar-refractivity contribution in [2.24, 2.45) is 11.1 Å². The summed E-state index contributed by atoms with van der Waals surface area (Å²) in [6, 6.07) is 9.34. The summed E-state index contributed by atoms with van der Waals surface area (Å²) >= 11 is 0. The number of amides is 1. The number of benzene rings is 2. The summed E-state index contributed by atoms with van der Waals surface area (Å²) < 4.78 is 40.5. The molecule has 7 heteroatoms. The molecule has 0 spiro atoms. The Hall–Kier alpha value is -2.83. The van der Waals surface area contributed by atoms with E-state index >= 15 is 0 Å². The van der Waals surface area contributed by atoms with Gasteiger partial charge in [-0.15, -0.1) is 0 Å². The lowest BCUT2D eigenvalue weighted by molar-refractivity contribution is -0.140. The maximum atomic E-state index is 14.1. The highest BCUT2D eigenvalue weighted by Crippen LogP contribution is 2.30. The Morgan fingerprint density at radius 2 is 1.79 bits per heavy atom. The van der Waals surface area contributed by atoms with E-state index in [-0.39, 0.29) is 42.4 Å². The number of nitrogens with zero attached hydrogens (tertiary/aromatic N) is 2. The SMILES string of the molecule is O=C(C1CCC1)N(Cc1ccc(F)cc1F)CC1CC(c2ccc(F)cc2)=NO1. The van der Waals surface area contributed by atoms with E-state index in [0.717, 1.165) is 30.9 Å². The molecule has 0 bridgehead atoms. The molecule has 1 heterocycles. The highest BCUT2D eigenvalue weighted by atomic mass is 19.1. The maximum Gasteiger partial charge on any atom is 0.226 e. The predicted octanol–water partition coefficient (Wildman–Crippen LogP) is 4.43. The molecule has 0 radical (unpaired) electrons. The summed E-state index contributed by atoms with van der Waals surface area (Å²) in [6.07, 6.45) is 2.75. The molecule has 29 heavy (non-hydrogen) atoms. The van der Waals surface area contributed by atoms with E-state index in [0.29, 0.717) is 12.1 Å². The van der Waals surface area contributed by atoms with E-state index in [1.807, 2.05) is 0 Å². The van der Waals surface area contributed by atoms with E-state index < -0.39 is 11.6 Å². The van der Waals surface area contributed by atoms with Crippen molar-refractivity contribution in [3.05, 3.63) is 71.0 Å². The molecule has 1 unspecified atom stereocenters. The fourth-order valence-electron chi connectivity index (χ4n) is 3.59. The minimum absolute atomic E-state index is 0.0428. The average Bonchev–Trinajstić information content (AvgIpc) is 3.11. The molecule has 2 aromatic carbocycles. The van der Waals surface area contributed by atoms with Crippen molar-refractivity contribution >= 4 is 11.6 Å². The monoisotopic (exact) mass is 402 g/mol. The van der Waals surface area contributed by atoms with Crippen LogP contribution in [0.3, 0.4) is 0 Å². The zero-order chi connectivity index (χ0) is 20.4. The lowest BCUT2D eigenvalue weighted by atomic mass is 9.84. The topological polar surface area (TPSA) is 41.9 Å². The highest BCUT2D eigenvalue weighted by Gasteiger charge is 2.33. The van der Waals surface area contributed by atoms with Crippen molar-refractivity contribution in [3.8, 4) is 0 Å². The van der Waals surface area contributed by atoms with Crippen LogP contribution in [0.15, 0.2) is 47.6 Å². The highest BCUT2D eigenvalue weighted by molar-refractivity contribution is 6.01. The summed E-state index contributed by atoms with van der Waals surface area (Å²) in [5.74, 6) is -1.76. The molecule has 0 saturated heterocycles. The van der Waals surface area contributed by atoms with Gasteiger partial charge in [0.2, 0.25) is 5.91 Å². The van der Waals surface area contributed by atoms with Crippen LogP contribution in [0.1, 0.15) is 36.8 Å². The van der Waals surface area contributed by atoms with Crippen molar-refractivity contribution in [1.29, 1.82) is 0 Å². The first kappa shape index (κ1) is 19.5. The fraction of sp³-hybridized carbons (Fsp3) is 0.364. The lowest BCUT2D eigenvalue weighted by Gasteiger charge is -2.32. The molecule has 1 aliphatic carbocycles. The van der Waals surface area contributed by atoms with Crippen molar-refractivity contribution in [3.63, 3.8) is 0 Å². The number of oxime groups is 1. The third kappa shape index (κ3) is 4.44. The number of halogens is 3. The van der Waals surface area contributed by atoms with Crippen LogP contribution in [-0.2, 0) is 16.2 Å². The van der Waals surface area contributed by atoms with Crippen LogP contribution >= 0.6 is 0 Å². The smallest absolute Gasteiger partial charge is 0.226 e. The molecular formula is C22H21F3N2O2. The summed E-state index contributed by atoms with van der Waals surface area (Å²) in [4.78, 5) is 20.0. The second-order valence-corrected chi connectivity index (χ2v) is 7.56. The zero-order valence-corrected chi connectivity index (χ0v) is 15.8. The zero-order valence-electron chi connectivity index (χ0n) is 15.8. The van der Waals surface area contributed by atoms with E-state index in [2.05, 4.69) is 5.16 Å². The standard InChI is InChI=1S/C22H21F3N2O2/c23-17-7-4-14(5-8-17)21-11-19(29-26-21)13-27(22(28)15-2-1-3-15)12-16-6-9-18(24)10-20(16)25/h4-10,15,19H,1-3,11-13H2. The van der Waals surface area contributed by atoms with E-state index in [4.69, 9.17) is 4.84 Å². The van der Waals surface area contributed by atoms with Crippen LogP contribution in [0.5, 0.6) is 0 Å². The number of carbonyl (C=O) groups excluding carboxylic acids is 1. The van der Waals surface area contributed by atoms with Gasteiger partial charge in [-0.2, -0.15) is 0 Å². The Bertz CT molecular complexity index is 926. The van der Waals surface area contributed by atoms with Crippen molar-refractivity contribution in [1.82, 2.24) is 4.90 Å². The largest absolute Gasteiger partial charge is 0.390 e. The van der Waals surface area contributed by atoms with Gasteiger partial charge in [0.1, 0.15) is 17.5 Å². The quantitative estimate of drug-likeness (QED) is 0.718. The van der Waals surface area contributed by atoms with Crippen LogP contribution in [0.2, 0.25) is 0 Å². The van der Waals surface area contributed by atoms with Gasteiger partial charge in [-0.3, -0.25) is 4.79 Å². The van der Waals surface area contributed by atoms with Crippen LogP contribution in [0, 0.1) is 23.4 Å². The summed E-state index contributed by atoms with van der Waals surface area (Å²) in [5.41, 5.74) is 1.70. The molecule has 4 rings (SSSR count). The van der Waals surface area contributed by atoms with Crippen molar-refractivity contribution in [2.45, 2.75) is 38.3 Å². The molecule has 4 nitrogen and oxygen atoms in total. The number of carbonyl (C=O) groups is 1. The molecule has 1 saturated carbocycles. The van der Waals surface area contributed by atoms with Crippen LogP contribution in [-0.4, -0.2) is 29.2 Å². The molecule has 1 aliphatic heterocycles. The number of rotatable bonds is 6. The van der Waals surface area contributed by atoms with E-state index in [9.17, 15) is 18.0 Å².